The topological polar surface area (TPSA) is 84.7 Å². The average molecular weight is 263 g/mol. The van der Waals surface area contributed by atoms with Gasteiger partial charge in [0.25, 0.3) is 0 Å². The molecular formula is C13H17N3O3. The van der Waals surface area contributed by atoms with Crippen molar-refractivity contribution < 1.29 is 14.3 Å². The number of carbonyl (C=O) groups is 2. The van der Waals surface area contributed by atoms with E-state index in [1.54, 1.807) is 30.0 Å². The van der Waals surface area contributed by atoms with Crippen LogP contribution in [0.25, 0.3) is 0 Å². The molecule has 3 N–H and O–H groups in total. The first kappa shape index (κ1) is 13.2. The van der Waals surface area contributed by atoms with Gasteiger partial charge in [-0.1, -0.05) is 6.07 Å². The number of nitrogens with one attached hydrogen (secondary N) is 1. The lowest BCUT2D eigenvalue weighted by molar-refractivity contribution is 0.0480. The van der Waals surface area contributed by atoms with Gasteiger partial charge in [0.15, 0.2) is 0 Å². The summed E-state index contributed by atoms with van der Waals surface area (Å²) in [7, 11) is 0. The maximum atomic E-state index is 11.9. The number of hydrogen-bond acceptors (Lipinski definition) is 4. The summed E-state index contributed by atoms with van der Waals surface area (Å²) in [4.78, 5) is 24.8. The van der Waals surface area contributed by atoms with Gasteiger partial charge in [0.2, 0.25) is 0 Å². The van der Waals surface area contributed by atoms with Crippen LogP contribution in [0.4, 0.5) is 10.5 Å². The molecule has 1 aromatic rings. The molecule has 0 radical (unpaired) electrons. The van der Waals surface area contributed by atoms with Crippen LogP contribution >= 0.6 is 0 Å². The first-order chi connectivity index (χ1) is 9.09. The quantitative estimate of drug-likeness (QED) is 0.620. The molecule has 6 heteroatoms. The number of ether oxygens (including phenoxy) is 1. The zero-order valence-corrected chi connectivity index (χ0v) is 10.8. The first-order valence-corrected chi connectivity index (χ1v) is 6.14. The predicted octanol–water partition coefficient (Wildman–Crippen LogP) is 0.759. The number of nitrogen functional groups attached to an aromatic ring is 1. The number of urea groups is 1. The van der Waals surface area contributed by atoms with Gasteiger partial charge in [0, 0.05) is 18.8 Å². The Balaban J connectivity index is 1.87. The first-order valence-electron chi connectivity index (χ1n) is 6.14. The van der Waals surface area contributed by atoms with Crippen LogP contribution < -0.4 is 11.1 Å². The summed E-state index contributed by atoms with van der Waals surface area (Å²) in [6, 6.07) is 5.01. The zero-order chi connectivity index (χ0) is 13.8. The highest BCUT2D eigenvalue weighted by Gasteiger charge is 2.19. The average Bonchev–Trinajstić information content (AvgIpc) is 2.78. The van der Waals surface area contributed by atoms with Gasteiger partial charge in [-0.3, -0.25) is 0 Å². The number of hydrogen-bond donors (Lipinski definition) is 2. The Morgan fingerprint density at radius 1 is 1.53 bits per heavy atom. The minimum Gasteiger partial charge on any atom is -0.460 e. The number of esters is 1. The van der Waals surface area contributed by atoms with Crippen LogP contribution in [0, 0.1) is 6.92 Å². The van der Waals surface area contributed by atoms with Crippen molar-refractivity contribution in [2.24, 2.45) is 0 Å². The Hall–Kier alpha value is -2.24. The van der Waals surface area contributed by atoms with E-state index in [1.807, 2.05) is 0 Å². The number of nitrogens with zero attached hydrogens (tertiary/aromatic N) is 1. The fourth-order valence-corrected chi connectivity index (χ4v) is 1.93. The van der Waals surface area contributed by atoms with Crippen molar-refractivity contribution in [1.29, 1.82) is 0 Å². The lowest BCUT2D eigenvalue weighted by Crippen LogP contribution is -2.31. The molecule has 102 valence electrons. The molecule has 1 fully saturated rings. The molecule has 0 saturated carbocycles. The Morgan fingerprint density at radius 3 is 3.00 bits per heavy atom. The van der Waals surface area contributed by atoms with Crippen molar-refractivity contribution in [3.8, 4) is 0 Å². The number of anilines is 1. The van der Waals surface area contributed by atoms with Crippen LogP contribution in [-0.2, 0) is 4.74 Å². The molecule has 19 heavy (non-hydrogen) atoms. The molecule has 0 aromatic heterocycles. The van der Waals surface area contributed by atoms with E-state index >= 15 is 0 Å². The molecule has 1 aromatic carbocycles. The molecule has 0 spiro atoms. The molecule has 0 atom stereocenters. The number of nitrogens with two attached hydrogens (primary N) is 1. The monoisotopic (exact) mass is 263 g/mol. The van der Waals surface area contributed by atoms with Crippen molar-refractivity contribution in [2.75, 3.05) is 32.0 Å². The maximum absolute atomic E-state index is 11.9. The van der Waals surface area contributed by atoms with Gasteiger partial charge >= 0.3 is 12.0 Å². The van der Waals surface area contributed by atoms with Gasteiger partial charge in [-0.05, 0) is 24.6 Å². The van der Waals surface area contributed by atoms with Crippen LogP contribution in [0.2, 0.25) is 0 Å². The minimum absolute atomic E-state index is 0.115. The van der Waals surface area contributed by atoms with E-state index in [0.717, 1.165) is 0 Å². The van der Waals surface area contributed by atoms with E-state index in [9.17, 15) is 9.59 Å². The second kappa shape index (κ2) is 5.60. The molecule has 1 saturated heterocycles. The molecular weight excluding hydrogens is 246 g/mol. The summed E-state index contributed by atoms with van der Waals surface area (Å²) in [5.41, 5.74) is 7.48. The van der Waals surface area contributed by atoms with Gasteiger partial charge < -0.3 is 20.7 Å². The third-order valence-electron chi connectivity index (χ3n) is 3.14. The Kier molecular flexibility index (Phi) is 3.89. The highest BCUT2D eigenvalue weighted by atomic mass is 16.5. The molecule has 0 aliphatic carbocycles. The molecule has 0 unspecified atom stereocenters. The second-order valence-electron chi connectivity index (χ2n) is 4.37. The smallest absolute Gasteiger partial charge is 0.338 e. The largest absolute Gasteiger partial charge is 0.460 e. The van der Waals surface area contributed by atoms with E-state index in [0.29, 0.717) is 36.4 Å². The molecule has 1 heterocycles. The van der Waals surface area contributed by atoms with Gasteiger partial charge in [-0.15, -0.1) is 0 Å². The van der Waals surface area contributed by atoms with Gasteiger partial charge in [0.1, 0.15) is 6.61 Å². The van der Waals surface area contributed by atoms with Gasteiger partial charge in [0.05, 0.1) is 12.1 Å². The SMILES string of the molecule is Cc1c(N)cccc1C(=O)OCCN1CCNC1=O. The highest BCUT2D eigenvalue weighted by molar-refractivity contribution is 5.92. The summed E-state index contributed by atoms with van der Waals surface area (Å²) >= 11 is 0. The number of rotatable bonds is 4. The normalized spacial score (nSPS) is 14.4. The molecule has 2 amide bonds. The zero-order valence-electron chi connectivity index (χ0n) is 10.8. The molecule has 2 rings (SSSR count). The summed E-state index contributed by atoms with van der Waals surface area (Å²) in [6.07, 6.45) is 0. The van der Waals surface area contributed by atoms with E-state index in [1.165, 1.54) is 0 Å². The standard InChI is InChI=1S/C13H17N3O3/c1-9-10(3-2-4-11(9)14)12(17)19-8-7-16-6-5-15-13(16)18/h2-4H,5-8,14H2,1H3,(H,15,18). The highest BCUT2D eigenvalue weighted by Crippen LogP contribution is 2.16. The van der Waals surface area contributed by atoms with Gasteiger partial charge in [-0.25, -0.2) is 9.59 Å². The van der Waals surface area contributed by atoms with E-state index in [4.69, 9.17) is 10.5 Å². The molecule has 1 aliphatic rings. The minimum atomic E-state index is -0.413. The number of carbonyl (C=O) groups excluding carboxylic acids is 2. The third kappa shape index (κ3) is 2.96. The summed E-state index contributed by atoms with van der Waals surface area (Å²) in [5, 5.41) is 2.69. The van der Waals surface area contributed by atoms with Crippen LogP contribution in [0.1, 0.15) is 15.9 Å². The lowest BCUT2D eigenvalue weighted by Gasteiger charge is -2.14. The summed E-state index contributed by atoms with van der Waals surface area (Å²) in [6.45, 7) is 3.65. The van der Waals surface area contributed by atoms with Crippen LogP contribution in [0.15, 0.2) is 18.2 Å². The fourth-order valence-electron chi connectivity index (χ4n) is 1.93. The van der Waals surface area contributed by atoms with Crippen molar-refractivity contribution in [1.82, 2.24) is 10.2 Å². The Morgan fingerprint density at radius 2 is 2.32 bits per heavy atom. The Labute approximate surface area is 111 Å². The third-order valence-corrected chi connectivity index (χ3v) is 3.14. The van der Waals surface area contributed by atoms with Crippen molar-refractivity contribution in [3.63, 3.8) is 0 Å². The molecule has 1 aliphatic heterocycles. The van der Waals surface area contributed by atoms with Crippen LogP contribution in [0.5, 0.6) is 0 Å². The maximum Gasteiger partial charge on any atom is 0.338 e. The Bertz CT molecular complexity index is 502. The second-order valence-corrected chi connectivity index (χ2v) is 4.37. The van der Waals surface area contributed by atoms with E-state index < -0.39 is 5.97 Å². The van der Waals surface area contributed by atoms with Crippen molar-refractivity contribution in [2.45, 2.75) is 6.92 Å². The summed E-state index contributed by atoms with van der Waals surface area (Å²) < 4.78 is 5.16. The fraction of sp³-hybridized carbons (Fsp3) is 0.385. The molecule has 0 bridgehead atoms. The van der Waals surface area contributed by atoms with E-state index in [2.05, 4.69) is 5.32 Å². The van der Waals surface area contributed by atoms with Crippen molar-refractivity contribution in [3.05, 3.63) is 29.3 Å². The number of benzene rings is 1. The van der Waals surface area contributed by atoms with Crippen molar-refractivity contribution >= 4 is 17.7 Å². The van der Waals surface area contributed by atoms with E-state index in [-0.39, 0.29) is 12.6 Å². The predicted molar refractivity (Wildman–Crippen MR) is 70.8 cm³/mol. The molecule has 6 nitrogen and oxygen atoms in total. The number of amides is 2. The van der Waals surface area contributed by atoms with Crippen LogP contribution in [0.3, 0.4) is 0 Å². The van der Waals surface area contributed by atoms with Gasteiger partial charge in [-0.2, -0.15) is 0 Å². The lowest BCUT2D eigenvalue weighted by atomic mass is 10.1. The summed E-state index contributed by atoms with van der Waals surface area (Å²) in [5.74, 6) is -0.413. The van der Waals surface area contributed by atoms with Crippen LogP contribution in [-0.4, -0.2) is 43.1 Å².